The van der Waals surface area contributed by atoms with Crippen LogP contribution in [0.3, 0.4) is 0 Å². The van der Waals surface area contributed by atoms with Crippen molar-refractivity contribution in [3.05, 3.63) is 269 Å². The molecule has 85 heavy (non-hydrogen) atoms. The summed E-state index contributed by atoms with van der Waals surface area (Å²) in [5.74, 6) is 0.515. The number of carbonyl (C=O) groups excluding carboxylic acids is 2. The van der Waals surface area contributed by atoms with Gasteiger partial charge in [-0.3, -0.25) is 9.59 Å². The molecule has 14 heteroatoms. The van der Waals surface area contributed by atoms with Crippen LogP contribution in [0.5, 0.6) is 17.2 Å². The number of fused-ring (bicyclic) bond motifs is 3. The first-order valence-electron chi connectivity index (χ1n) is 28.7. The van der Waals surface area contributed by atoms with E-state index in [2.05, 4.69) is 4.98 Å². The number of aromatic nitrogens is 2. The van der Waals surface area contributed by atoms with Gasteiger partial charge in [-0.2, -0.15) is 0 Å². The Labute approximate surface area is 492 Å². The smallest absolute Gasteiger partial charge is 0.264 e. The fraction of sp³-hybridized carbons (Fsp3) is 0.211. The van der Waals surface area contributed by atoms with Crippen molar-refractivity contribution < 1.29 is 52.2 Å². The van der Waals surface area contributed by atoms with E-state index >= 15 is 9.59 Å². The molecule has 1 fully saturated rings. The molecule has 0 saturated carbocycles. The highest BCUT2D eigenvalue weighted by Crippen LogP contribution is 2.47. The van der Waals surface area contributed by atoms with Crippen LogP contribution < -0.4 is 14.2 Å². The summed E-state index contributed by atoms with van der Waals surface area (Å²) in [7, 11) is 0. The molecule has 10 aromatic rings. The molecule has 0 bridgehead atoms. The number of nitrogens with zero attached hydrogens (tertiary/aromatic N) is 2. The fourth-order valence-corrected chi connectivity index (χ4v) is 11.3. The molecule has 0 spiro atoms. The van der Waals surface area contributed by atoms with Gasteiger partial charge in [0.2, 0.25) is 0 Å². The highest BCUT2D eigenvalue weighted by Gasteiger charge is 2.50. The highest BCUT2D eigenvalue weighted by atomic mass is 16.6. The van der Waals surface area contributed by atoms with E-state index in [-0.39, 0.29) is 50.9 Å². The topological polar surface area (TPSA) is 141 Å². The van der Waals surface area contributed by atoms with E-state index in [1.54, 1.807) is 6.20 Å². The Hall–Kier alpha value is -9.12. The van der Waals surface area contributed by atoms with Crippen LogP contribution in [0.25, 0.3) is 33.0 Å². The van der Waals surface area contributed by atoms with Crippen molar-refractivity contribution in [2.24, 2.45) is 0 Å². The van der Waals surface area contributed by atoms with Gasteiger partial charge in [0.05, 0.1) is 56.3 Å². The molecule has 1 saturated heterocycles. The molecule has 14 nitrogen and oxygen atoms in total. The summed E-state index contributed by atoms with van der Waals surface area (Å²) in [6.07, 6.45) is -0.477. The summed E-state index contributed by atoms with van der Waals surface area (Å²) >= 11 is 0. The molecule has 2 aromatic heterocycles. The van der Waals surface area contributed by atoms with Gasteiger partial charge in [0.25, 0.3) is 11.8 Å². The third-order valence-electron chi connectivity index (χ3n) is 15.6. The van der Waals surface area contributed by atoms with Crippen molar-refractivity contribution in [2.75, 3.05) is 26.6 Å². The van der Waals surface area contributed by atoms with Gasteiger partial charge in [-0.15, -0.1) is 0 Å². The van der Waals surface area contributed by atoms with E-state index in [0.29, 0.717) is 71.1 Å². The largest absolute Gasteiger partial charge is 0.489 e. The van der Waals surface area contributed by atoms with Crippen LogP contribution in [-0.4, -0.2) is 77.2 Å². The molecule has 3 aliphatic rings. The number of benzene rings is 8. The summed E-state index contributed by atoms with van der Waals surface area (Å²) in [6.45, 7) is 1.91. The zero-order valence-electron chi connectivity index (χ0n) is 46.7. The number of imide groups is 1. The number of H-pyrrole nitrogens is 1. The molecule has 5 atom stereocenters. The van der Waals surface area contributed by atoms with Gasteiger partial charge in [0, 0.05) is 45.9 Å². The lowest BCUT2D eigenvalue weighted by Gasteiger charge is -2.46. The second kappa shape index (κ2) is 25.8. The number of ether oxygens (including phenoxy) is 9. The van der Waals surface area contributed by atoms with E-state index < -0.39 is 42.5 Å². The molecule has 0 radical (unpaired) electrons. The molecular weight excluding hydrogens is 1070 g/mol. The molecule has 2 amide bonds. The van der Waals surface area contributed by atoms with Crippen LogP contribution in [0.1, 0.15) is 50.7 Å². The lowest BCUT2D eigenvalue weighted by atomic mass is 9.95. The number of hydrogen-bond donors (Lipinski definition) is 1. The van der Waals surface area contributed by atoms with E-state index in [1.165, 1.54) is 4.90 Å². The Morgan fingerprint density at radius 2 is 0.953 bits per heavy atom. The number of aromatic amines is 1. The average Bonchev–Trinajstić information content (AvgIpc) is 2.40. The molecule has 8 aromatic carbocycles. The maximum absolute atomic E-state index is 15.7. The van der Waals surface area contributed by atoms with Gasteiger partial charge in [-0.1, -0.05) is 182 Å². The maximum Gasteiger partial charge on any atom is 0.264 e. The highest BCUT2D eigenvalue weighted by molar-refractivity contribution is 6.50. The predicted octanol–water partition coefficient (Wildman–Crippen LogP) is 12.8. The molecule has 0 aliphatic carbocycles. The minimum Gasteiger partial charge on any atom is -0.489 e. The van der Waals surface area contributed by atoms with Gasteiger partial charge >= 0.3 is 0 Å². The number of hydrogen-bond acceptors (Lipinski definition) is 11. The van der Waals surface area contributed by atoms with Crippen molar-refractivity contribution in [2.45, 2.75) is 70.3 Å². The molecule has 3 aliphatic heterocycles. The Morgan fingerprint density at radius 1 is 0.471 bits per heavy atom. The Bertz CT molecular complexity index is 3910. The number of carbonyl (C=O) groups is 2. The van der Waals surface area contributed by atoms with Crippen molar-refractivity contribution >= 4 is 44.8 Å². The zero-order valence-corrected chi connectivity index (χ0v) is 46.7. The van der Waals surface area contributed by atoms with Crippen LogP contribution in [-0.2, 0) is 77.7 Å². The van der Waals surface area contributed by atoms with Crippen LogP contribution in [0.15, 0.2) is 225 Å². The second-order valence-corrected chi connectivity index (χ2v) is 21.2. The quantitative estimate of drug-likeness (QED) is 0.0612. The van der Waals surface area contributed by atoms with Gasteiger partial charge in [-0.25, -0.2) is 4.90 Å². The summed E-state index contributed by atoms with van der Waals surface area (Å²) in [5, 5.41) is 1.29. The number of amides is 2. The molecule has 5 heterocycles. The van der Waals surface area contributed by atoms with Crippen molar-refractivity contribution in [3.8, 4) is 17.2 Å². The number of nitrogens with one attached hydrogen (secondary N) is 1. The maximum atomic E-state index is 15.7. The Kier molecular flexibility index (Phi) is 16.7. The third-order valence-corrected chi connectivity index (χ3v) is 15.6. The first-order chi connectivity index (χ1) is 42.0. The van der Waals surface area contributed by atoms with E-state index in [1.807, 2.05) is 223 Å². The monoisotopic (exact) mass is 1130 g/mol. The van der Waals surface area contributed by atoms with E-state index in [4.69, 9.17) is 42.6 Å². The van der Waals surface area contributed by atoms with E-state index in [9.17, 15) is 0 Å². The fourth-order valence-electron chi connectivity index (χ4n) is 11.3. The summed E-state index contributed by atoms with van der Waals surface area (Å²) in [4.78, 5) is 35.8. The predicted molar refractivity (Wildman–Crippen MR) is 322 cm³/mol. The Balaban J connectivity index is 0.972. The second-order valence-electron chi connectivity index (χ2n) is 21.2. The van der Waals surface area contributed by atoms with Crippen LogP contribution in [0.2, 0.25) is 0 Å². The van der Waals surface area contributed by atoms with Crippen molar-refractivity contribution in [3.63, 3.8) is 0 Å². The van der Waals surface area contributed by atoms with Crippen LogP contribution >= 0.6 is 0 Å². The third kappa shape index (κ3) is 12.3. The SMILES string of the molecule is O=C1C(c2c[nH]c3ccc(OCc4ccccc4)cc23)=C(c2cn(C3OC(COCc4ccccc4)C(OCc4ccccc4)C(OCc4ccccc4)C3OCc3ccccc3)c3cc4c(cc23)OCCO4)C(=O)N1COCc1ccccc1. The molecule has 13 rings (SSSR count). The minimum absolute atomic E-state index is 0.109. The molecular formula is C71H63N3O11. The van der Waals surface area contributed by atoms with Crippen molar-refractivity contribution in [1.82, 2.24) is 14.5 Å². The standard InChI is InChI=1S/C71H63N3O11/c75-69-64(57-38-72-59-32-31-54(35-55(57)59)81-42-50-23-11-3-12-24-50)65(70(76)74(69)47-78-41-49-21-9-2-10-22-49)58-39-73(60-37-62-61(36-56(58)60)79-33-34-80-62)71-68(84-45-53-29-17-6-18-30-53)67(83-44-52-27-15-5-16-28-52)66(82-43-51-25-13-4-14-26-51)63(85-71)46-77-40-48-19-7-1-8-20-48/h1-32,35-39,63,66-68,71-72H,33-34,40-47H2. The molecule has 428 valence electrons. The normalized spacial score (nSPS) is 18.6. The number of rotatable bonds is 23. The van der Waals surface area contributed by atoms with Crippen LogP contribution in [0, 0.1) is 0 Å². The molecule has 1 N–H and O–H groups in total. The van der Waals surface area contributed by atoms with E-state index in [0.717, 1.165) is 38.9 Å². The summed E-state index contributed by atoms with van der Waals surface area (Å²) in [5.41, 5.74) is 8.41. The molecule has 5 unspecified atom stereocenters. The van der Waals surface area contributed by atoms with Crippen molar-refractivity contribution in [1.29, 1.82) is 0 Å². The summed E-state index contributed by atoms with van der Waals surface area (Å²) < 4.78 is 62.9. The van der Waals surface area contributed by atoms with Crippen LogP contribution in [0.4, 0.5) is 0 Å². The van der Waals surface area contributed by atoms with Gasteiger partial charge in [0.1, 0.15) is 56.7 Å². The average molecular weight is 1130 g/mol. The minimum atomic E-state index is -0.982. The Morgan fingerprint density at radius 3 is 1.52 bits per heavy atom. The first kappa shape index (κ1) is 55.1. The lowest BCUT2D eigenvalue weighted by Crippen LogP contribution is -2.59. The van der Waals surface area contributed by atoms with Gasteiger partial charge in [0.15, 0.2) is 17.7 Å². The zero-order chi connectivity index (χ0) is 57.3. The first-order valence-corrected chi connectivity index (χ1v) is 28.7. The summed E-state index contributed by atoms with van der Waals surface area (Å²) in [6, 6.07) is 69.0. The van der Waals surface area contributed by atoms with Gasteiger partial charge in [-0.05, 0) is 57.6 Å². The van der Waals surface area contributed by atoms with Gasteiger partial charge < -0.3 is 52.2 Å². The lowest BCUT2D eigenvalue weighted by molar-refractivity contribution is -0.289.